The van der Waals surface area contributed by atoms with Gasteiger partial charge in [-0.1, -0.05) is 42.6 Å². The molecule has 2 atom stereocenters. The molecule has 1 aliphatic carbocycles. The molecule has 0 nitrogen and oxygen atoms in total. The Morgan fingerprint density at radius 2 is 2.31 bits per heavy atom. The van der Waals surface area contributed by atoms with E-state index in [-0.39, 0.29) is 0 Å². The van der Waals surface area contributed by atoms with Gasteiger partial charge in [0.1, 0.15) is 0 Å². The minimum absolute atomic E-state index is 0.516. The van der Waals surface area contributed by atoms with Crippen molar-refractivity contribution in [1.82, 2.24) is 0 Å². The minimum Gasteiger partial charge on any atom is -0.152 e. The Kier molecular flexibility index (Phi) is 4.12. The summed E-state index contributed by atoms with van der Waals surface area (Å²) < 4.78 is 0. The lowest BCUT2D eigenvalue weighted by Gasteiger charge is -2.41. The summed E-state index contributed by atoms with van der Waals surface area (Å²) in [5.74, 6) is 0.834. The number of alkyl halides is 1. The van der Waals surface area contributed by atoms with Gasteiger partial charge in [0.15, 0.2) is 0 Å². The zero-order valence-electron chi connectivity index (χ0n) is 10.2. The first-order valence-corrected chi connectivity index (χ1v) is 8.10. The molecule has 1 heterocycles. The SMILES string of the molecule is CC1(C)CCCCC1C(Br)Cc1ccsc1. The quantitative estimate of drug-likeness (QED) is 0.667. The van der Waals surface area contributed by atoms with Gasteiger partial charge in [0.25, 0.3) is 0 Å². The predicted molar refractivity (Wildman–Crippen MR) is 76.5 cm³/mol. The first kappa shape index (κ1) is 12.6. The smallest absolute Gasteiger partial charge is 0.0219 e. The third-order valence-electron chi connectivity index (χ3n) is 4.04. The first-order valence-electron chi connectivity index (χ1n) is 6.25. The predicted octanol–water partition coefficient (Wildman–Crippen LogP) is 5.27. The van der Waals surface area contributed by atoms with E-state index in [0.29, 0.717) is 10.2 Å². The molecule has 90 valence electrons. The van der Waals surface area contributed by atoms with Crippen LogP contribution in [0.4, 0.5) is 0 Å². The summed E-state index contributed by atoms with van der Waals surface area (Å²) in [4.78, 5) is 0.650. The van der Waals surface area contributed by atoms with Crippen LogP contribution in [0.5, 0.6) is 0 Å². The second kappa shape index (κ2) is 5.22. The summed E-state index contributed by atoms with van der Waals surface area (Å²) in [5, 5.41) is 4.46. The van der Waals surface area contributed by atoms with Crippen LogP contribution in [0, 0.1) is 11.3 Å². The second-order valence-electron chi connectivity index (χ2n) is 5.69. The van der Waals surface area contributed by atoms with Gasteiger partial charge in [-0.3, -0.25) is 0 Å². The molecular formula is C14H21BrS. The third kappa shape index (κ3) is 2.89. The molecule has 1 aromatic rings. The van der Waals surface area contributed by atoms with Crippen LogP contribution < -0.4 is 0 Å². The number of thiophene rings is 1. The van der Waals surface area contributed by atoms with Crippen LogP contribution in [0.15, 0.2) is 16.8 Å². The van der Waals surface area contributed by atoms with Crippen LogP contribution in [0.3, 0.4) is 0 Å². The molecule has 1 aliphatic rings. The Labute approximate surface area is 112 Å². The monoisotopic (exact) mass is 300 g/mol. The molecule has 1 saturated carbocycles. The van der Waals surface area contributed by atoms with Crippen LogP contribution in [0.25, 0.3) is 0 Å². The van der Waals surface area contributed by atoms with Gasteiger partial charge in [0.05, 0.1) is 0 Å². The molecule has 0 radical (unpaired) electrons. The van der Waals surface area contributed by atoms with Crippen LogP contribution in [-0.4, -0.2) is 4.83 Å². The van der Waals surface area contributed by atoms with E-state index in [9.17, 15) is 0 Å². The molecule has 1 aromatic heterocycles. The molecule has 0 N–H and O–H groups in total. The van der Waals surface area contributed by atoms with E-state index in [0.717, 1.165) is 5.92 Å². The number of rotatable bonds is 3. The maximum atomic E-state index is 3.94. The van der Waals surface area contributed by atoms with Gasteiger partial charge < -0.3 is 0 Å². The normalized spacial score (nSPS) is 26.6. The fourth-order valence-electron chi connectivity index (χ4n) is 2.97. The standard InChI is InChI=1S/C14H21BrS/c1-14(2)7-4-3-5-12(14)13(15)9-11-6-8-16-10-11/h6,8,10,12-13H,3-5,7,9H2,1-2H3. The molecule has 0 saturated heterocycles. The molecule has 16 heavy (non-hydrogen) atoms. The third-order valence-corrected chi connectivity index (χ3v) is 5.73. The fraction of sp³-hybridized carbons (Fsp3) is 0.714. The van der Waals surface area contributed by atoms with Crippen molar-refractivity contribution in [1.29, 1.82) is 0 Å². The van der Waals surface area contributed by atoms with Crippen molar-refractivity contribution >= 4 is 27.3 Å². The maximum Gasteiger partial charge on any atom is 0.0219 e. The molecule has 0 aliphatic heterocycles. The van der Waals surface area contributed by atoms with E-state index in [1.165, 1.54) is 37.7 Å². The van der Waals surface area contributed by atoms with E-state index in [1.54, 1.807) is 0 Å². The lowest BCUT2D eigenvalue weighted by atomic mass is 9.67. The zero-order chi connectivity index (χ0) is 11.6. The highest BCUT2D eigenvalue weighted by atomic mass is 79.9. The highest BCUT2D eigenvalue weighted by Gasteiger charge is 2.36. The maximum absolute atomic E-state index is 3.94. The topological polar surface area (TPSA) is 0 Å². The molecular weight excluding hydrogens is 280 g/mol. The summed E-state index contributed by atoms with van der Waals surface area (Å²) >= 11 is 5.75. The highest BCUT2D eigenvalue weighted by molar-refractivity contribution is 9.09. The first-order chi connectivity index (χ1) is 7.59. The van der Waals surface area contributed by atoms with Crippen LogP contribution >= 0.6 is 27.3 Å². The van der Waals surface area contributed by atoms with E-state index in [4.69, 9.17) is 0 Å². The van der Waals surface area contributed by atoms with E-state index in [2.05, 4.69) is 46.6 Å². The van der Waals surface area contributed by atoms with Gasteiger partial charge >= 0.3 is 0 Å². The minimum atomic E-state index is 0.516. The lowest BCUT2D eigenvalue weighted by Crippen LogP contribution is -2.35. The largest absolute Gasteiger partial charge is 0.152 e. The van der Waals surface area contributed by atoms with Crippen LogP contribution in [0.1, 0.15) is 45.1 Å². The average molecular weight is 301 g/mol. The van der Waals surface area contributed by atoms with Gasteiger partial charge in [-0.15, -0.1) is 0 Å². The van der Waals surface area contributed by atoms with Crippen molar-refractivity contribution in [2.75, 3.05) is 0 Å². The summed E-state index contributed by atoms with van der Waals surface area (Å²) in [5.41, 5.74) is 2.01. The molecule has 0 spiro atoms. The van der Waals surface area contributed by atoms with Crippen molar-refractivity contribution < 1.29 is 0 Å². The van der Waals surface area contributed by atoms with E-state index < -0.39 is 0 Å². The summed E-state index contributed by atoms with van der Waals surface area (Å²) in [6.07, 6.45) is 6.82. The molecule has 0 bridgehead atoms. The molecule has 2 rings (SSSR count). The average Bonchev–Trinajstić information content (AvgIpc) is 2.69. The highest BCUT2D eigenvalue weighted by Crippen LogP contribution is 2.45. The van der Waals surface area contributed by atoms with Gasteiger partial charge in [0, 0.05) is 4.83 Å². The van der Waals surface area contributed by atoms with Gasteiger partial charge in [-0.05, 0) is 53.0 Å². The van der Waals surface area contributed by atoms with E-state index >= 15 is 0 Å². The Morgan fingerprint density at radius 1 is 1.50 bits per heavy atom. The van der Waals surface area contributed by atoms with Gasteiger partial charge in [-0.2, -0.15) is 11.3 Å². The number of hydrogen-bond donors (Lipinski definition) is 0. The second-order valence-corrected chi connectivity index (χ2v) is 7.65. The molecule has 2 unspecified atom stereocenters. The lowest BCUT2D eigenvalue weighted by molar-refractivity contribution is 0.136. The van der Waals surface area contributed by atoms with Gasteiger partial charge in [0.2, 0.25) is 0 Å². The van der Waals surface area contributed by atoms with E-state index in [1.807, 2.05) is 11.3 Å². The van der Waals surface area contributed by atoms with Crippen molar-refractivity contribution in [3.63, 3.8) is 0 Å². The number of hydrogen-bond acceptors (Lipinski definition) is 1. The summed E-state index contributed by atoms with van der Waals surface area (Å²) in [7, 11) is 0. The van der Waals surface area contributed by atoms with Crippen molar-refractivity contribution in [2.24, 2.45) is 11.3 Å². The number of halogens is 1. The molecule has 0 aromatic carbocycles. The van der Waals surface area contributed by atoms with Crippen molar-refractivity contribution in [2.45, 2.75) is 50.8 Å². The Hall–Kier alpha value is 0.180. The van der Waals surface area contributed by atoms with Crippen molar-refractivity contribution in [3.05, 3.63) is 22.4 Å². The zero-order valence-corrected chi connectivity index (χ0v) is 12.6. The Balaban J connectivity index is 2.00. The Morgan fingerprint density at radius 3 is 2.94 bits per heavy atom. The van der Waals surface area contributed by atoms with Crippen molar-refractivity contribution in [3.8, 4) is 0 Å². The van der Waals surface area contributed by atoms with Gasteiger partial charge in [-0.25, -0.2) is 0 Å². The van der Waals surface area contributed by atoms with Crippen LogP contribution in [0.2, 0.25) is 0 Å². The van der Waals surface area contributed by atoms with Crippen LogP contribution in [-0.2, 0) is 6.42 Å². The summed E-state index contributed by atoms with van der Waals surface area (Å²) in [6.45, 7) is 4.89. The molecule has 1 fully saturated rings. The fourth-order valence-corrected chi connectivity index (χ4v) is 5.00. The Bertz CT molecular complexity index is 315. The molecule has 0 amide bonds. The molecule has 2 heteroatoms. The summed E-state index contributed by atoms with van der Waals surface area (Å²) in [6, 6.07) is 2.26.